The summed E-state index contributed by atoms with van der Waals surface area (Å²) in [5, 5.41) is 20.5. The lowest BCUT2D eigenvalue weighted by atomic mass is 10.2. The first-order chi connectivity index (χ1) is 9.21. The minimum atomic E-state index is -0.150. The van der Waals surface area contributed by atoms with Crippen molar-refractivity contribution in [2.45, 2.75) is 13.3 Å². The average Bonchev–Trinajstić information content (AvgIpc) is 2.44. The third kappa shape index (κ3) is 5.08. The largest absolute Gasteiger partial charge is 0.396 e. The number of carbonyl (C=O) groups is 1. The van der Waals surface area contributed by atoms with Crippen LogP contribution in [0, 0.1) is 11.3 Å². The Morgan fingerprint density at radius 2 is 2.21 bits per heavy atom. The molecule has 0 aliphatic carbocycles. The van der Waals surface area contributed by atoms with Crippen LogP contribution >= 0.6 is 0 Å². The van der Waals surface area contributed by atoms with Gasteiger partial charge in [0.05, 0.1) is 17.8 Å². The van der Waals surface area contributed by atoms with E-state index in [0.29, 0.717) is 24.2 Å². The maximum atomic E-state index is 11.9. The molecule has 0 heterocycles. The smallest absolute Gasteiger partial charge is 0.238 e. The van der Waals surface area contributed by atoms with Gasteiger partial charge in [-0.05, 0) is 25.1 Å². The zero-order valence-electron chi connectivity index (χ0n) is 11.1. The minimum absolute atomic E-state index is 0.120. The Morgan fingerprint density at radius 1 is 1.47 bits per heavy atom. The molecule has 0 aromatic heterocycles. The van der Waals surface area contributed by atoms with Crippen molar-refractivity contribution in [3.63, 3.8) is 0 Å². The molecule has 0 fully saturated rings. The molecular formula is C14H19N3O2. The number of hydrogen-bond donors (Lipinski definition) is 2. The molecule has 1 amide bonds. The summed E-state index contributed by atoms with van der Waals surface area (Å²) in [6.07, 6.45) is 0.649. The number of hydrogen-bond acceptors (Lipinski definition) is 4. The number of carbonyl (C=O) groups excluding carboxylic acids is 1. The Balaban J connectivity index is 2.57. The number of benzene rings is 1. The van der Waals surface area contributed by atoms with Crippen LogP contribution in [-0.4, -0.2) is 42.2 Å². The lowest BCUT2D eigenvalue weighted by Gasteiger charge is -2.19. The van der Waals surface area contributed by atoms with Crippen LogP contribution in [0.1, 0.15) is 18.9 Å². The summed E-state index contributed by atoms with van der Waals surface area (Å²) in [5.74, 6) is -0.150. The predicted molar refractivity (Wildman–Crippen MR) is 73.6 cm³/mol. The Morgan fingerprint density at radius 3 is 2.84 bits per heavy atom. The number of likely N-dealkylation sites (N-methyl/N-ethyl adjacent to an activating group) is 1. The summed E-state index contributed by atoms with van der Waals surface area (Å²) in [6.45, 7) is 3.77. The molecule has 19 heavy (non-hydrogen) atoms. The van der Waals surface area contributed by atoms with Gasteiger partial charge in [-0.2, -0.15) is 5.26 Å². The Bertz CT molecular complexity index is 454. The van der Waals surface area contributed by atoms with Gasteiger partial charge in [0.15, 0.2) is 0 Å². The van der Waals surface area contributed by atoms with Crippen molar-refractivity contribution in [2.75, 3.05) is 31.6 Å². The van der Waals surface area contributed by atoms with Gasteiger partial charge < -0.3 is 10.4 Å². The van der Waals surface area contributed by atoms with E-state index in [-0.39, 0.29) is 19.1 Å². The molecule has 0 atom stereocenters. The van der Waals surface area contributed by atoms with Gasteiger partial charge in [-0.15, -0.1) is 0 Å². The quantitative estimate of drug-likeness (QED) is 0.773. The minimum Gasteiger partial charge on any atom is -0.396 e. The summed E-state index contributed by atoms with van der Waals surface area (Å²) >= 11 is 0. The van der Waals surface area contributed by atoms with E-state index in [4.69, 9.17) is 10.4 Å². The number of rotatable bonds is 7. The van der Waals surface area contributed by atoms with E-state index < -0.39 is 0 Å². The van der Waals surface area contributed by atoms with Gasteiger partial charge in [0, 0.05) is 13.2 Å². The summed E-state index contributed by atoms with van der Waals surface area (Å²) in [6, 6.07) is 8.95. The lowest BCUT2D eigenvalue weighted by Crippen LogP contribution is -2.34. The molecule has 0 saturated carbocycles. The second-order valence-corrected chi connectivity index (χ2v) is 4.15. The molecule has 5 nitrogen and oxygen atoms in total. The van der Waals surface area contributed by atoms with Gasteiger partial charge in [-0.25, -0.2) is 0 Å². The molecule has 0 unspecified atom stereocenters. The number of nitrogens with one attached hydrogen (secondary N) is 1. The van der Waals surface area contributed by atoms with Crippen molar-refractivity contribution in [3.05, 3.63) is 29.8 Å². The first-order valence-electron chi connectivity index (χ1n) is 6.33. The van der Waals surface area contributed by atoms with Gasteiger partial charge in [0.25, 0.3) is 0 Å². The van der Waals surface area contributed by atoms with Crippen LogP contribution in [0.25, 0.3) is 0 Å². The van der Waals surface area contributed by atoms with Crippen molar-refractivity contribution in [1.29, 1.82) is 5.26 Å². The van der Waals surface area contributed by atoms with E-state index in [1.54, 1.807) is 24.3 Å². The first-order valence-corrected chi connectivity index (χ1v) is 6.33. The number of aliphatic hydroxyl groups excluding tert-OH is 1. The highest BCUT2D eigenvalue weighted by molar-refractivity contribution is 5.93. The average molecular weight is 261 g/mol. The second-order valence-electron chi connectivity index (χ2n) is 4.15. The lowest BCUT2D eigenvalue weighted by molar-refractivity contribution is -0.117. The topological polar surface area (TPSA) is 76.4 Å². The van der Waals surface area contributed by atoms with E-state index >= 15 is 0 Å². The fourth-order valence-corrected chi connectivity index (χ4v) is 1.73. The highest BCUT2D eigenvalue weighted by atomic mass is 16.3. The normalized spacial score (nSPS) is 10.2. The van der Waals surface area contributed by atoms with Crippen molar-refractivity contribution in [3.8, 4) is 6.07 Å². The molecule has 5 heteroatoms. The molecule has 2 N–H and O–H groups in total. The van der Waals surface area contributed by atoms with Gasteiger partial charge in [-0.1, -0.05) is 19.1 Å². The van der Waals surface area contributed by atoms with Crippen molar-refractivity contribution in [1.82, 2.24) is 4.90 Å². The van der Waals surface area contributed by atoms with Gasteiger partial charge in [-0.3, -0.25) is 9.69 Å². The van der Waals surface area contributed by atoms with Crippen LogP contribution in [0.15, 0.2) is 24.3 Å². The molecule has 0 aliphatic rings. The molecule has 0 saturated heterocycles. The molecule has 102 valence electrons. The summed E-state index contributed by atoms with van der Waals surface area (Å²) in [5.41, 5.74) is 0.988. The first kappa shape index (κ1) is 15.2. The maximum absolute atomic E-state index is 11.9. The van der Waals surface area contributed by atoms with Gasteiger partial charge >= 0.3 is 0 Å². The third-order valence-corrected chi connectivity index (χ3v) is 2.77. The Labute approximate surface area is 113 Å². The number of aliphatic hydroxyl groups is 1. The SMILES string of the molecule is CCN(CCCO)CC(=O)Nc1ccccc1C#N. The molecule has 0 spiro atoms. The maximum Gasteiger partial charge on any atom is 0.238 e. The molecule has 1 aromatic rings. The molecule has 0 bridgehead atoms. The van der Waals surface area contributed by atoms with Crippen LogP contribution < -0.4 is 5.32 Å². The highest BCUT2D eigenvalue weighted by Gasteiger charge is 2.10. The second kappa shape index (κ2) is 8.25. The summed E-state index contributed by atoms with van der Waals surface area (Å²) in [7, 11) is 0. The monoisotopic (exact) mass is 261 g/mol. The van der Waals surface area contributed by atoms with Crippen LogP contribution in [0.3, 0.4) is 0 Å². The van der Waals surface area contributed by atoms with Gasteiger partial charge in [0.2, 0.25) is 5.91 Å². The molecule has 1 aromatic carbocycles. The zero-order chi connectivity index (χ0) is 14.1. The van der Waals surface area contributed by atoms with E-state index in [9.17, 15) is 4.79 Å². The summed E-state index contributed by atoms with van der Waals surface area (Å²) < 4.78 is 0. The highest BCUT2D eigenvalue weighted by Crippen LogP contribution is 2.13. The number of para-hydroxylation sites is 1. The van der Waals surface area contributed by atoms with Crippen molar-refractivity contribution < 1.29 is 9.90 Å². The van der Waals surface area contributed by atoms with E-state index in [1.165, 1.54) is 0 Å². The number of nitriles is 1. The Hall–Kier alpha value is -1.90. The van der Waals surface area contributed by atoms with E-state index in [0.717, 1.165) is 6.54 Å². The standard InChI is InChI=1S/C14H19N3O2/c1-2-17(8-5-9-18)11-14(19)16-13-7-4-3-6-12(13)10-15/h3-4,6-7,18H,2,5,8-9,11H2,1H3,(H,16,19). The number of anilines is 1. The number of nitrogens with zero attached hydrogens (tertiary/aromatic N) is 2. The molecular weight excluding hydrogens is 242 g/mol. The van der Waals surface area contributed by atoms with Crippen LogP contribution in [-0.2, 0) is 4.79 Å². The molecule has 0 aliphatic heterocycles. The zero-order valence-corrected chi connectivity index (χ0v) is 11.1. The van der Waals surface area contributed by atoms with E-state index in [2.05, 4.69) is 5.32 Å². The predicted octanol–water partition coefficient (Wildman–Crippen LogP) is 1.20. The fraction of sp³-hybridized carbons (Fsp3) is 0.429. The summed E-state index contributed by atoms with van der Waals surface area (Å²) in [4.78, 5) is 13.8. The van der Waals surface area contributed by atoms with Crippen molar-refractivity contribution >= 4 is 11.6 Å². The molecule has 1 rings (SSSR count). The van der Waals surface area contributed by atoms with E-state index in [1.807, 2.05) is 17.9 Å². The van der Waals surface area contributed by atoms with Crippen LogP contribution in [0.2, 0.25) is 0 Å². The Kier molecular flexibility index (Phi) is 6.58. The third-order valence-electron chi connectivity index (χ3n) is 2.77. The molecule has 0 radical (unpaired) electrons. The van der Waals surface area contributed by atoms with Gasteiger partial charge in [0.1, 0.15) is 6.07 Å². The van der Waals surface area contributed by atoms with Crippen LogP contribution in [0.4, 0.5) is 5.69 Å². The fourth-order valence-electron chi connectivity index (χ4n) is 1.73. The van der Waals surface area contributed by atoms with Crippen molar-refractivity contribution in [2.24, 2.45) is 0 Å². The van der Waals surface area contributed by atoms with Crippen LogP contribution in [0.5, 0.6) is 0 Å². The number of amides is 1.